The van der Waals surface area contributed by atoms with E-state index in [2.05, 4.69) is 280 Å². The second kappa shape index (κ2) is 16.3. The van der Waals surface area contributed by atoms with Gasteiger partial charge in [0.05, 0.1) is 5.69 Å². The lowest BCUT2D eigenvalue weighted by atomic mass is 9.33. The van der Waals surface area contributed by atoms with Crippen LogP contribution in [0.25, 0.3) is 44.5 Å². The van der Waals surface area contributed by atoms with Crippen LogP contribution in [0.2, 0.25) is 0 Å². The van der Waals surface area contributed by atoms with E-state index in [0.717, 1.165) is 5.69 Å². The first-order valence-corrected chi connectivity index (χ1v) is 26.0. The summed E-state index contributed by atoms with van der Waals surface area (Å²) < 4.78 is 0. The molecule has 3 heteroatoms. The molecule has 0 N–H and O–H groups in total. The fourth-order valence-electron chi connectivity index (χ4n) is 12.2. The maximum atomic E-state index is 2.63. The molecule has 0 saturated carbocycles. The van der Waals surface area contributed by atoms with E-state index in [9.17, 15) is 0 Å². The second-order valence-electron chi connectivity index (χ2n) is 24.2. The van der Waals surface area contributed by atoms with Gasteiger partial charge in [0.25, 0.3) is 6.71 Å². The molecule has 2 aliphatic heterocycles. The second-order valence-corrected chi connectivity index (χ2v) is 24.2. The Morgan fingerprint density at radius 3 is 1.58 bits per heavy atom. The lowest BCUT2D eigenvalue weighted by Crippen LogP contribution is -2.61. The minimum absolute atomic E-state index is 0.0248. The standard InChI is InChI=1S/C69H65BN2/c1-66(2,3)48-31-34-51(35-32-48)71-61-41-49(67(4,5)6)33-36-57(61)70-58-40-46(44-21-14-12-15-22-44)29-38-60(58)72(63-43-50(68(7,8)9)42-62(71)65(63)70)59-37-30-47(39-55(59)45-23-16-13-17-24-45)52-26-20-27-54-53-25-18-19-28-56(53)69(10,11)64(52)54/h12-43H,1-11H3. The topological polar surface area (TPSA) is 6.48 Å². The molecule has 0 fully saturated rings. The zero-order valence-corrected chi connectivity index (χ0v) is 43.9. The van der Waals surface area contributed by atoms with E-state index < -0.39 is 0 Å². The Kier molecular flexibility index (Phi) is 10.4. The molecule has 0 saturated heterocycles. The van der Waals surface area contributed by atoms with Crippen molar-refractivity contribution in [1.29, 1.82) is 0 Å². The summed E-state index contributed by atoms with van der Waals surface area (Å²) in [5.74, 6) is 0. The highest BCUT2D eigenvalue weighted by Gasteiger charge is 2.45. The molecule has 354 valence electrons. The maximum Gasteiger partial charge on any atom is 0.252 e. The summed E-state index contributed by atoms with van der Waals surface area (Å²) in [6, 6.07) is 74.3. The van der Waals surface area contributed by atoms with Crippen LogP contribution in [0.15, 0.2) is 194 Å². The van der Waals surface area contributed by atoms with Gasteiger partial charge in [0.15, 0.2) is 0 Å². The first kappa shape index (κ1) is 45.8. The molecule has 0 bridgehead atoms. The van der Waals surface area contributed by atoms with Crippen LogP contribution in [-0.2, 0) is 21.7 Å². The fourth-order valence-corrected chi connectivity index (χ4v) is 12.2. The highest BCUT2D eigenvalue weighted by molar-refractivity contribution is 7.00. The Morgan fingerprint density at radius 1 is 0.347 bits per heavy atom. The van der Waals surface area contributed by atoms with Crippen LogP contribution in [0.4, 0.5) is 34.1 Å². The van der Waals surface area contributed by atoms with Crippen LogP contribution in [0.5, 0.6) is 0 Å². The van der Waals surface area contributed by atoms with Gasteiger partial charge >= 0.3 is 0 Å². The third-order valence-electron chi connectivity index (χ3n) is 16.1. The van der Waals surface area contributed by atoms with Crippen molar-refractivity contribution in [1.82, 2.24) is 0 Å². The number of fused-ring (bicyclic) bond motifs is 7. The van der Waals surface area contributed by atoms with Gasteiger partial charge in [0.2, 0.25) is 0 Å². The summed E-state index contributed by atoms with van der Waals surface area (Å²) in [4.78, 5) is 5.23. The Morgan fingerprint density at radius 2 is 0.903 bits per heavy atom. The monoisotopic (exact) mass is 933 g/mol. The van der Waals surface area contributed by atoms with Crippen LogP contribution in [0.3, 0.4) is 0 Å². The quantitative estimate of drug-likeness (QED) is 0.159. The lowest BCUT2D eigenvalue weighted by Gasteiger charge is -2.46. The van der Waals surface area contributed by atoms with Gasteiger partial charge in [-0.25, -0.2) is 0 Å². The van der Waals surface area contributed by atoms with Gasteiger partial charge in [-0.3, -0.25) is 0 Å². The molecule has 72 heavy (non-hydrogen) atoms. The first-order valence-electron chi connectivity index (χ1n) is 26.0. The number of nitrogens with zero attached hydrogens (tertiary/aromatic N) is 2. The molecule has 9 aromatic rings. The SMILES string of the molecule is CC(C)(C)c1ccc(N2c3cc(C(C)(C)C)ccc3B3c4cc(-c5ccccc5)ccc4N(c4ccc(-c5cccc6c5C(C)(C)c5ccccc5-6)cc4-c4ccccc4)c4cc(C(C)(C)C)cc2c43)cc1. The van der Waals surface area contributed by atoms with Crippen LogP contribution in [0.1, 0.15) is 104 Å². The molecule has 0 spiro atoms. The molecule has 3 aliphatic rings. The van der Waals surface area contributed by atoms with Crippen LogP contribution in [-0.4, -0.2) is 6.71 Å². The van der Waals surface area contributed by atoms with E-state index in [4.69, 9.17) is 0 Å². The smallest absolute Gasteiger partial charge is 0.252 e. The fraction of sp³-hybridized carbons (Fsp3) is 0.217. The van der Waals surface area contributed by atoms with Crippen molar-refractivity contribution >= 4 is 57.2 Å². The minimum Gasteiger partial charge on any atom is -0.311 e. The molecule has 2 nitrogen and oxygen atoms in total. The summed E-state index contributed by atoms with van der Waals surface area (Å²) in [7, 11) is 0. The van der Waals surface area contributed by atoms with Gasteiger partial charge in [-0.15, -0.1) is 0 Å². The molecule has 0 radical (unpaired) electrons. The molecular weight excluding hydrogens is 868 g/mol. The molecule has 0 amide bonds. The van der Waals surface area contributed by atoms with Crippen molar-refractivity contribution in [3.63, 3.8) is 0 Å². The Labute approximate surface area is 429 Å². The van der Waals surface area contributed by atoms with Gasteiger partial charge in [-0.1, -0.05) is 222 Å². The third-order valence-corrected chi connectivity index (χ3v) is 16.1. The highest BCUT2D eigenvalue weighted by atomic mass is 15.2. The molecule has 0 aromatic heterocycles. The van der Waals surface area contributed by atoms with E-state index in [1.807, 2.05) is 0 Å². The molecule has 0 atom stereocenters. The Balaban J connectivity index is 1.17. The average Bonchev–Trinajstić information content (AvgIpc) is 3.61. The predicted octanol–water partition coefficient (Wildman–Crippen LogP) is 17.0. The minimum atomic E-state index is -0.152. The van der Waals surface area contributed by atoms with Crippen LogP contribution >= 0.6 is 0 Å². The predicted molar refractivity (Wildman–Crippen MR) is 310 cm³/mol. The van der Waals surface area contributed by atoms with Crippen LogP contribution in [0, 0.1) is 0 Å². The van der Waals surface area contributed by atoms with Crippen molar-refractivity contribution in [3.05, 3.63) is 222 Å². The lowest BCUT2D eigenvalue weighted by molar-refractivity contribution is 0.589. The Hall–Kier alpha value is -7.36. The van der Waals surface area contributed by atoms with Crippen molar-refractivity contribution in [2.75, 3.05) is 9.80 Å². The van der Waals surface area contributed by atoms with Gasteiger partial charge in [0.1, 0.15) is 0 Å². The maximum absolute atomic E-state index is 2.63. The number of anilines is 6. The molecule has 0 unspecified atom stereocenters. The normalized spacial score (nSPS) is 14.3. The molecule has 2 heterocycles. The first-order chi connectivity index (χ1) is 34.4. The molecule has 9 aromatic carbocycles. The van der Waals surface area contributed by atoms with E-state index in [1.165, 1.54) is 117 Å². The van der Waals surface area contributed by atoms with E-state index in [1.54, 1.807) is 0 Å². The molecular formula is C69H65BN2. The molecule has 1 aliphatic carbocycles. The average molecular weight is 933 g/mol. The highest BCUT2D eigenvalue weighted by Crippen LogP contribution is 2.54. The van der Waals surface area contributed by atoms with Gasteiger partial charge in [-0.2, -0.15) is 0 Å². The summed E-state index contributed by atoms with van der Waals surface area (Å²) >= 11 is 0. The summed E-state index contributed by atoms with van der Waals surface area (Å²) in [6.45, 7) is 25.8. The third kappa shape index (κ3) is 7.30. The van der Waals surface area contributed by atoms with Gasteiger partial charge in [0, 0.05) is 39.4 Å². The zero-order chi connectivity index (χ0) is 50.1. The van der Waals surface area contributed by atoms with Crippen molar-refractivity contribution in [3.8, 4) is 44.5 Å². The zero-order valence-electron chi connectivity index (χ0n) is 43.9. The van der Waals surface area contributed by atoms with Gasteiger partial charge < -0.3 is 9.80 Å². The van der Waals surface area contributed by atoms with Crippen molar-refractivity contribution in [2.45, 2.75) is 97.8 Å². The molecule has 12 rings (SSSR count). The van der Waals surface area contributed by atoms with Gasteiger partial charge in [-0.05, 0) is 148 Å². The van der Waals surface area contributed by atoms with E-state index in [-0.39, 0.29) is 28.4 Å². The summed E-state index contributed by atoms with van der Waals surface area (Å²) in [6.07, 6.45) is 0. The largest absolute Gasteiger partial charge is 0.311 e. The number of benzene rings is 9. The number of rotatable bonds is 5. The van der Waals surface area contributed by atoms with Crippen LogP contribution < -0.4 is 26.2 Å². The summed E-state index contributed by atoms with van der Waals surface area (Å²) in [5.41, 5.74) is 27.7. The Bertz CT molecular complexity index is 3600. The van der Waals surface area contributed by atoms with Crippen molar-refractivity contribution in [2.24, 2.45) is 0 Å². The van der Waals surface area contributed by atoms with E-state index in [0.29, 0.717) is 0 Å². The number of hydrogen-bond acceptors (Lipinski definition) is 2. The van der Waals surface area contributed by atoms with E-state index >= 15 is 0 Å². The summed E-state index contributed by atoms with van der Waals surface area (Å²) in [5, 5.41) is 0. The van der Waals surface area contributed by atoms with Crippen molar-refractivity contribution < 1.29 is 0 Å². The number of hydrogen-bond donors (Lipinski definition) is 0.